The van der Waals surface area contributed by atoms with Gasteiger partial charge in [0.1, 0.15) is 17.3 Å². The van der Waals surface area contributed by atoms with Gasteiger partial charge >= 0.3 is 0 Å². The van der Waals surface area contributed by atoms with E-state index in [9.17, 15) is 0 Å². The number of halogens is 1. The Morgan fingerprint density at radius 2 is 2.27 bits per heavy atom. The zero-order valence-corrected chi connectivity index (χ0v) is 14.0. The first-order chi connectivity index (χ1) is 10.6. The zero-order valence-electron chi connectivity index (χ0n) is 13.3. The minimum atomic E-state index is 0.349. The van der Waals surface area contributed by atoms with Crippen LogP contribution in [0.4, 0.5) is 5.82 Å². The van der Waals surface area contributed by atoms with Crippen LogP contribution < -0.4 is 4.90 Å². The van der Waals surface area contributed by atoms with Crippen molar-refractivity contribution >= 4 is 23.2 Å². The molecule has 0 radical (unpaired) electrons. The lowest BCUT2D eigenvalue weighted by Gasteiger charge is -2.29. The lowest BCUT2D eigenvalue weighted by molar-refractivity contribution is 0.180. The Morgan fingerprint density at radius 1 is 1.45 bits per heavy atom. The number of hydrogen-bond donors (Lipinski definition) is 0. The highest BCUT2D eigenvalue weighted by Crippen LogP contribution is 2.33. The normalized spacial score (nSPS) is 18.8. The summed E-state index contributed by atoms with van der Waals surface area (Å²) in [6, 6.07) is 0.349. The van der Waals surface area contributed by atoms with Crippen LogP contribution in [0.2, 0.25) is 5.15 Å². The molecule has 3 heterocycles. The number of ether oxygens (including phenoxy) is 1. The van der Waals surface area contributed by atoms with E-state index in [0.717, 1.165) is 37.2 Å². The predicted octanol–water partition coefficient (Wildman–Crippen LogP) is 2.59. The van der Waals surface area contributed by atoms with E-state index in [-0.39, 0.29) is 0 Å². The largest absolute Gasteiger partial charge is 0.383 e. The molecule has 0 N–H and O–H groups in total. The van der Waals surface area contributed by atoms with Gasteiger partial charge in [-0.3, -0.25) is 0 Å². The van der Waals surface area contributed by atoms with E-state index in [2.05, 4.69) is 33.8 Å². The van der Waals surface area contributed by atoms with E-state index < -0.39 is 0 Å². The van der Waals surface area contributed by atoms with Gasteiger partial charge in [-0.1, -0.05) is 25.4 Å². The van der Waals surface area contributed by atoms with Gasteiger partial charge in [-0.2, -0.15) is 19.6 Å². The van der Waals surface area contributed by atoms with Crippen molar-refractivity contribution in [1.82, 2.24) is 19.6 Å². The van der Waals surface area contributed by atoms with E-state index in [1.165, 1.54) is 6.33 Å². The first-order valence-corrected chi connectivity index (χ1v) is 8.13. The van der Waals surface area contributed by atoms with Gasteiger partial charge in [0.05, 0.1) is 12.6 Å². The van der Waals surface area contributed by atoms with Crippen LogP contribution in [-0.4, -0.2) is 45.9 Å². The van der Waals surface area contributed by atoms with Gasteiger partial charge in [0, 0.05) is 19.2 Å². The highest BCUT2D eigenvalue weighted by atomic mass is 35.5. The van der Waals surface area contributed by atoms with Crippen molar-refractivity contribution in [3.63, 3.8) is 0 Å². The first-order valence-electron chi connectivity index (χ1n) is 7.75. The molecule has 1 aliphatic heterocycles. The topological polar surface area (TPSA) is 55.5 Å². The van der Waals surface area contributed by atoms with E-state index in [1.54, 1.807) is 7.11 Å². The Kier molecular flexibility index (Phi) is 4.49. The Hall–Kier alpha value is -1.40. The second-order valence-corrected chi connectivity index (χ2v) is 6.58. The summed E-state index contributed by atoms with van der Waals surface area (Å²) in [7, 11) is 1.75. The Morgan fingerprint density at radius 3 is 3.00 bits per heavy atom. The summed E-state index contributed by atoms with van der Waals surface area (Å²) in [6.45, 7) is 6.05. The third-order valence-corrected chi connectivity index (χ3v) is 4.38. The number of nitrogens with zero attached hydrogens (tertiary/aromatic N) is 5. The minimum Gasteiger partial charge on any atom is -0.383 e. The van der Waals surface area contributed by atoms with Crippen molar-refractivity contribution in [2.24, 2.45) is 5.92 Å². The van der Waals surface area contributed by atoms with E-state index >= 15 is 0 Å². The molecule has 3 rings (SSSR count). The van der Waals surface area contributed by atoms with Crippen LogP contribution in [0.25, 0.3) is 5.78 Å². The fourth-order valence-corrected chi connectivity index (χ4v) is 3.43. The summed E-state index contributed by atoms with van der Waals surface area (Å²) in [5, 5.41) is 4.90. The molecular weight excluding hydrogens is 302 g/mol. The number of methoxy groups -OCH3 is 1. The fourth-order valence-electron chi connectivity index (χ4n) is 3.20. The Bertz CT molecular complexity index is 657. The van der Waals surface area contributed by atoms with Gasteiger partial charge < -0.3 is 9.64 Å². The van der Waals surface area contributed by atoms with Crippen molar-refractivity contribution in [3.8, 4) is 0 Å². The number of anilines is 1. The molecule has 120 valence electrons. The third kappa shape index (κ3) is 2.77. The Labute approximate surface area is 135 Å². The highest BCUT2D eigenvalue weighted by molar-refractivity contribution is 6.30. The SMILES string of the molecule is COC[C@@H]1CCCN1c1c(CC(C)C)c(Cl)nc2ncnn12. The standard InChI is InChI=1S/C15H22ClN5O/c1-10(2)7-12-13(16)19-15-17-9-18-21(15)14(12)20-6-4-5-11(20)8-22-3/h9-11H,4-8H2,1-3H3/t11-/m0/s1. The molecule has 0 unspecified atom stereocenters. The van der Waals surface area contributed by atoms with Gasteiger partial charge in [0.25, 0.3) is 5.78 Å². The van der Waals surface area contributed by atoms with Crippen molar-refractivity contribution in [2.45, 2.75) is 39.2 Å². The molecule has 7 heteroatoms. The van der Waals surface area contributed by atoms with Gasteiger partial charge in [0.2, 0.25) is 0 Å². The molecule has 0 bridgehead atoms. The van der Waals surface area contributed by atoms with Crippen LogP contribution in [0.5, 0.6) is 0 Å². The van der Waals surface area contributed by atoms with Crippen molar-refractivity contribution < 1.29 is 4.74 Å². The lowest BCUT2D eigenvalue weighted by Crippen LogP contribution is -2.35. The average molecular weight is 324 g/mol. The summed E-state index contributed by atoms with van der Waals surface area (Å²) in [4.78, 5) is 10.9. The molecule has 2 aromatic rings. The molecule has 0 aliphatic carbocycles. The van der Waals surface area contributed by atoms with Crippen molar-refractivity contribution in [2.75, 3.05) is 25.2 Å². The third-order valence-electron chi connectivity index (χ3n) is 4.07. The zero-order chi connectivity index (χ0) is 15.7. The summed E-state index contributed by atoms with van der Waals surface area (Å²) < 4.78 is 7.20. The highest BCUT2D eigenvalue weighted by Gasteiger charge is 2.30. The van der Waals surface area contributed by atoms with Crippen LogP contribution in [0.1, 0.15) is 32.3 Å². The van der Waals surface area contributed by atoms with Gasteiger partial charge in [-0.15, -0.1) is 0 Å². The van der Waals surface area contributed by atoms with Gasteiger partial charge in [-0.25, -0.2) is 0 Å². The summed E-state index contributed by atoms with van der Waals surface area (Å²) in [5.41, 5.74) is 1.05. The maximum atomic E-state index is 6.46. The second kappa shape index (κ2) is 6.38. The van der Waals surface area contributed by atoms with Crippen LogP contribution in [0, 0.1) is 5.92 Å². The van der Waals surface area contributed by atoms with Crippen LogP contribution >= 0.6 is 11.6 Å². The van der Waals surface area contributed by atoms with Gasteiger partial charge in [-0.05, 0) is 25.2 Å². The van der Waals surface area contributed by atoms with E-state index in [0.29, 0.717) is 29.5 Å². The fraction of sp³-hybridized carbons (Fsp3) is 0.667. The van der Waals surface area contributed by atoms with E-state index in [4.69, 9.17) is 16.3 Å². The molecule has 2 aromatic heterocycles. The molecule has 1 fully saturated rings. The molecule has 1 atom stereocenters. The van der Waals surface area contributed by atoms with Crippen molar-refractivity contribution in [1.29, 1.82) is 0 Å². The number of hydrogen-bond acceptors (Lipinski definition) is 5. The number of fused-ring (bicyclic) bond motifs is 1. The Balaban J connectivity index is 2.14. The molecule has 22 heavy (non-hydrogen) atoms. The lowest BCUT2D eigenvalue weighted by atomic mass is 10.0. The molecule has 6 nitrogen and oxygen atoms in total. The first kappa shape index (κ1) is 15.5. The molecular formula is C15H22ClN5O. The maximum Gasteiger partial charge on any atom is 0.255 e. The predicted molar refractivity (Wildman–Crippen MR) is 86.6 cm³/mol. The number of aromatic nitrogens is 4. The molecule has 0 saturated carbocycles. The van der Waals surface area contributed by atoms with Crippen molar-refractivity contribution in [3.05, 3.63) is 17.0 Å². The molecule has 1 aliphatic rings. The summed E-state index contributed by atoms with van der Waals surface area (Å²) >= 11 is 6.46. The average Bonchev–Trinajstić information content (AvgIpc) is 3.09. The minimum absolute atomic E-state index is 0.349. The second-order valence-electron chi connectivity index (χ2n) is 6.22. The van der Waals surface area contributed by atoms with Crippen LogP contribution in [0.3, 0.4) is 0 Å². The monoisotopic (exact) mass is 323 g/mol. The molecule has 0 amide bonds. The quantitative estimate of drug-likeness (QED) is 0.792. The molecule has 0 spiro atoms. The maximum absolute atomic E-state index is 6.46. The summed E-state index contributed by atoms with van der Waals surface area (Å²) in [6.07, 6.45) is 4.66. The van der Waals surface area contributed by atoms with Crippen LogP contribution in [0.15, 0.2) is 6.33 Å². The van der Waals surface area contributed by atoms with Gasteiger partial charge in [0.15, 0.2) is 0 Å². The molecule has 0 aromatic carbocycles. The van der Waals surface area contributed by atoms with E-state index in [1.807, 2.05) is 4.52 Å². The molecule has 1 saturated heterocycles. The smallest absolute Gasteiger partial charge is 0.255 e. The number of rotatable bonds is 5. The summed E-state index contributed by atoms with van der Waals surface area (Å²) in [5.74, 6) is 2.07. The van der Waals surface area contributed by atoms with Crippen LogP contribution in [-0.2, 0) is 11.2 Å².